The summed E-state index contributed by atoms with van der Waals surface area (Å²) < 4.78 is 10.4. The van der Waals surface area contributed by atoms with Crippen molar-refractivity contribution in [3.05, 3.63) is 56.6 Å². The van der Waals surface area contributed by atoms with Crippen molar-refractivity contribution >= 4 is 23.1 Å². The zero-order valence-corrected chi connectivity index (χ0v) is 13.5. The van der Waals surface area contributed by atoms with Gasteiger partial charge in [0.05, 0.1) is 11.4 Å². The molecule has 3 aromatic rings. The molecule has 0 fully saturated rings. The Morgan fingerprint density at radius 1 is 1.39 bits per heavy atom. The lowest BCUT2D eigenvalue weighted by molar-refractivity contribution is 0.0472. The monoisotopic (exact) mass is 330 g/mol. The molecular weight excluding hydrogens is 316 g/mol. The smallest absolute Gasteiger partial charge is 0.352 e. The number of aromatic nitrogens is 4. The summed E-state index contributed by atoms with van der Waals surface area (Å²) in [5.74, 6) is -0.497. The Morgan fingerprint density at radius 3 is 3.00 bits per heavy atom. The maximum atomic E-state index is 12.1. The molecule has 3 heterocycles. The molecule has 0 aliphatic carbocycles. The number of hydrogen-bond donors (Lipinski definition) is 0. The van der Waals surface area contributed by atoms with Gasteiger partial charge in [0.25, 0.3) is 5.56 Å². The summed E-state index contributed by atoms with van der Waals surface area (Å²) in [6, 6.07) is 4.99. The average molecular weight is 330 g/mol. The Balaban J connectivity index is 1.81. The molecule has 0 aliphatic rings. The van der Waals surface area contributed by atoms with Crippen LogP contribution in [-0.4, -0.2) is 24.9 Å². The predicted molar refractivity (Wildman–Crippen MR) is 84.6 cm³/mol. The molecule has 0 radical (unpaired) electrons. The maximum absolute atomic E-state index is 12.1. The van der Waals surface area contributed by atoms with E-state index in [1.54, 1.807) is 12.3 Å². The van der Waals surface area contributed by atoms with Gasteiger partial charge in [0.2, 0.25) is 0 Å². The zero-order chi connectivity index (χ0) is 16.4. The Labute approximate surface area is 135 Å². The predicted octanol–water partition coefficient (Wildman–Crippen LogP) is 1.77. The Bertz CT molecular complexity index is 932. The van der Waals surface area contributed by atoms with Gasteiger partial charge in [-0.3, -0.25) is 9.20 Å². The molecular formula is C15H14N4O3S. The molecule has 0 aliphatic heterocycles. The Kier molecular flexibility index (Phi) is 4.16. The quantitative estimate of drug-likeness (QED) is 0.678. The summed E-state index contributed by atoms with van der Waals surface area (Å²) >= 11 is 1.00. The third-order valence-corrected chi connectivity index (χ3v) is 4.04. The number of hydrogen-bond acceptors (Lipinski definition) is 7. The molecule has 0 saturated carbocycles. The number of rotatable bonds is 4. The van der Waals surface area contributed by atoms with E-state index in [0.717, 1.165) is 17.1 Å². The summed E-state index contributed by atoms with van der Waals surface area (Å²) in [5.41, 5.74) is 2.29. The van der Waals surface area contributed by atoms with Gasteiger partial charge in [-0.25, -0.2) is 9.78 Å². The summed E-state index contributed by atoms with van der Waals surface area (Å²) in [5, 5.41) is 3.87. The van der Waals surface area contributed by atoms with Crippen molar-refractivity contribution in [3.8, 4) is 0 Å². The fourth-order valence-electron chi connectivity index (χ4n) is 2.13. The molecule has 0 unspecified atom stereocenters. The highest BCUT2D eigenvalue weighted by atomic mass is 32.1. The van der Waals surface area contributed by atoms with Crippen LogP contribution in [0.5, 0.6) is 0 Å². The van der Waals surface area contributed by atoms with Gasteiger partial charge in [-0.15, -0.1) is 5.10 Å². The molecule has 7 nitrogen and oxygen atoms in total. The number of ether oxygens (including phenoxy) is 1. The Hall–Kier alpha value is -2.61. The van der Waals surface area contributed by atoms with Crippen LogP contribution >= 0.6 is 11.5 Å². The maximum Gasteiger partial charge on any atom is 0.352 e. The number of nitrogens with zero attached hydrogens (tertiary/aromatic N) is 4. The van der Waals surface area contributed by atoms with Gasteiger partial charge in [-0.1, -0.05) is 17.5 Å². The lowest BCUT2D eigenvalue weighted by atomic mass is 10.3. The van der Waals surface area contributed by atoms with Crippen molar-refractivity contribution in [1.29, 1.82) is 0 Å². The number of esters is 1. The fourth-order valence-corrected chi connectivity index (χ4v) is 2.78. The number of aryl methyl sites for hydroxylation is 2. The van der Waals surface area contributed by atoms with E-state index >= 15 is 0 Å². The fraction of sp³-hybridized carbons (Fsp3) is 0.267. The van der Waals surface area contributed by atoms with E-state index in [1.807, 2.05) is 19.9 Å². The summed E-state index contributed by atoms with van der Waals surface area (Å²) in [6.07, 6.45) is 2.33. The molecule has 118 valence electrons. The van der Waals surface area contributed by atoms with Crippen LogP contribution in [0.4, 0.5) is 0 Å². The molecule has 0 N–H and O–H groups in total. The van der Waals surface area contributed by atoms with Crippen LogP contribution in [0, 0.1) is 6.92 Å². The van der Waals surface area contributed by atoms with Crippen molar-refractivity contribution in [2.75, 3.05) is 0 Å². The minimum Gasteiger partial charge on any atom is -0.455 e. The van der Waals surface area contributed by atoms with Crippen LogP contribution in [-0.2, 0) is 17.8 Å². The van der Waals surface area contributed by atoms with Crippen LogP contribution < -0.4 is 5.56 Å². The highest BCUT2D eigenvalue weighted by molar-refractivity contribution is 7.07. The van der Waals surface area contributed by atoms with Crippen LogP contribution in [0.15, 0.2) is 29.2 Å². The van der Waals surface area contributed by atoms with Gasteiger partial charge in [0, 0.05) is 12.3 Å². The number of fused-ring (bicyclic) bond motifs is 1. The molecule has 0 amide bonds. The van der Waals surface area contributed by atoms with E-state index in [9.17, 15) is 9.59 Å². The molecule has 0 atom stereocenters. The largest absolute Gasteiger partial charge is 0.455 e. The topological polar surface area (TPSA) is 86.5 Å². The Morgan fingerprint density at radius 2 is 2.22 bits per heavy atom. The van der Waals surface area contributed by atoms with Gasteiger partial charge >= 0.3 is 5.97 Å². The third kappa shape index (κ3) is 3.11. The molecule has 0 spiro atoms. The van der Waals surface area contributed by atoms with Crippen molar-refractivity contribution in [2.24, 2.45) is 0 Å². The van der Waals surface area contributed by atoms with Gasteiger partial charge in [-0.05, 0) is 36.5 Å². The summed E-state index contributed by atoms with van der Waals surface area (Å²) in [6.45, 7) is 3.72. The molecule has 0 bridgehead atoms. The summed E-state index contributed by atoms with van der Waals surface area (Å²) in [4.78, 5) is 28.9. The van der Waals surface area contributed by atoms with E-state index in [4.69, 9.17) is 4.74 Å². The number of pyridine rings is 1. The van der Waals surface area contributed by atoms with E-state index < -0.39 is 5.97 Å². The van der Waals surface area contributed by atoms with Crippen LogP contribution in [0.3, 0.4) is 0 Å². The van der Waals surface area contributed by atoms with Gasteiger partial charge in [0.1, 0.15) is 12.3 Å². The van der Waals surface area contributed by atoms with E-state index in [2.05, 4.69) is 14.6 Å². The highest BCUT2D eigenvalue weighted by Crippen LogP contribution is 2.13. The number of carbonyl (C=O) groups is 1. The van der Waals surface area contributed by atoms with Crippen LogP contribution in [0.2, 0.25) is 0 Å². The van der Waals surface area contributed by atoms with Gasteiger partial charge in [-0.2, -0.15) is 0 Å². The zero-order valence-electron chi connectivity index (χ0n) is 12.6. The van der Waals surface area contributed by atoms with Crippen molar-refractivity contribution < 1.29 is 9.53 Å². The lowest BCUT2D eigenvalue weighted by Crippen LogP contribution is -2.17. The number of carbonyl (C=O) groups excluding carboxylic acids is 1. The standard InChI is InChI=1S/C15H14N4O3S/c1-3-11-14(23-18-17-11)15(21)22-8-10-6-13(20)19-7-9(2)4-5-12(19)16-10/h4-7H,3,8H2,1-2H3. The normalized spacial score (nSPS) is 10.9. The first kappa shape index (κ1) is 15.3. The van der Waals surface area contributed by atoms with E-state index in [0.29, 0.717) is 28.3 Å². The summed E-state index contributed by atoms with van der Waals surface area (Å²) in [7, 11) is 0. The average Bonchev–Trinajstić information content (AvgIpc) is 3.02. The first-order chi connectivity index (χ1) is 11.1. The first-order valence-corrected chi connectivity index (χ1v) is 7.83. The minimum atomic E-state index is -0.497. The second kappa shape index (κ2) is 6.25. The molecule has 0 aromatic carbocycles. The SMILES string of the molecule is CCc1nnsc1C(=O)OCc1cc(=O)n2cc(C)ccc2n1. The van der Waals surface area contributed by atoms with Crippen molar-refractivity contribution in [1.82, 2.24) is 19.0 Å². The highest BCUT2D eigenvalue weighted by Gasteiger charge is 2.17. The van der Waals surface area contributed by atoms with Crippen LogP contribution in [0.1, 0.15) is 33.5 Å². The van der Waals surface area contributed by atoms with Crippen molar-refractivity contribution in [2.45, 2.75) is 26.9 Å². The van der Waals surface area contributed by atoms with E-state index in [1.165, 1.54) is 10.5 Å². The van der Waals surface area contributed by atoms with Gasteiger partial charge in [0.15, 0.2) is 4.88 Å². The van der Waals surface area contributed by atoms with Crippen LogP contribution in [0.25, 0.3) is 5.65 Å². The molecule has 0 saturated heterocycles. The van der Waals surface area contributed by atoms with Crippen molar-refractivity contribution in [3.63, 3.8) is 0 Å². The molecule has 3 aromatic heterocycles. The molecule has 23 heavy (non-hydrogen) atoms. The third-order valence-electron chi connectivity index (χ3n) is 3.29. The van der Waals surface area contributed by atoms with Gasteiger partial charge < -0.3 is 4.74 Å². The lowest BCUT2D eigenvalue weighted by Gasteiger charge is -2.06. The van der Waals surface area contributed by atoms with E-state index in [-0.39, 0.29) is 12.2 Å². The molecule has 3 rings (SSSR count). The first-order valence-electron chi connectivity index (χ1n) is 7.05. The second-order valence-electron chi connectivity index (χ2n) is 5.00. The minimum absolute atomic E-state index is 0.0699. The second-order valence-corrected chi connectivity index (χ2v) is 5.75. The molecule has 8 heteroatoms.